The number of amides is 1. The number of hydrazone groups is 1. The number of hydrogen-bond acceptors (Lipinski definition) is 6. The number of hydrogen-bond donors (Lipinski definition) is 1. The third-order valence-corrected chi connectivity index (χ3v) is 4.25. The van der Waals surface area contributed by atoms with Crippen molar-refractivity contribution in [2.24, 2.45) is 5.10 Å². The van der Waals surface area contributed by atoms with Crippen LogP contribution >= 0.6 is 34.5 Å². The van der Waals surface area contributed by atoms with Gasteiger partial charge in [0.1, 0.15) is 5.75 Å². The lowest BCUT2D eigenvalue weighted by atomic mass is 10.3. The smallest absolute Gasteiger partial charge is 0.283 e. The van der Waals surface area contributed by atoms with Crippen LogP contribution in [0.4, 0.5) is 5.69 Å². The van der Waals surface area contributed by atoms with Crippen LogP contribution in [0.1, 0.15) is 9.75 Å². The Morgan fingerprint density at radius 3 is 2.83 bits per heavy atom. The summed E-state index contributed by atoms with van der Waals surface area (Å²) in [6.45, 7) is 1.35. The van der Waals surface area contributed by atoms with Gasteiger partial charge in [0, 0.05) is 11.1 Å². The number of nitrogens with one attached hydrogen (secondary N) is 1. The van der Waals surface area contributed by atoms with Crippen molar-refractivity contribution in [1.82, 2.24) is 5.43 Å². The Morgan fingerprint density at radius 1 is 1.46 bits per heavy atom. The van der Waals surface area contributed by atoms with Crippen LogP contribution in [-0.2, 0) is 4.79 Å². The fraction of sp³-hybridized carbons (Fsp3) is 0.143. The van der Waals surface area contributed by atoms with Crippen molar-refractivity contribution in [1.29, 1.82) is 0 Å². The molecule has 0 aliphatic rings. The normalized spacial score (nSPS) is 10.8. The maximum atomic E-state index is 11.6. The van der Waals surface area contributed by atoms with Crippen LogP contribution in [0.3, 0.4) is 0 Å². The predicted octanol–water partition coefficient (Wildman–Crippen LogP) is 3.80. The first-order chi connectivity index (χ1) is 11.4. The quantitative estimate of drug-likeness (QED) is 0.463. The molecule has 1 heterocycles. The highest BCUT2D eigenvalue weighted by Crippen LogP contribution is 2.27. The van der Waals surface area contributed by atoms with Crippen LogP contribution in [-0.4, -0.2) is 23.7 Å². The van der Waals surface area contributed by atoms with Crippen molar-refractivity contribution < 1.29 is 14.5 Å². The second kappa shape index (κ2) is 8.09. The number of benzene rings is 1. The number of rotatable bonds is 6. The fourth-order valence-corrected chi connectivity index (χ4v) is 3.01. The van der Waals surface area contributed by atoms with Gasteiger partial charge < -0.3 is 4.74 Å². The van der Waals surface area contributed by atoms with Gasteiger partial charge in [0.25, 0.3) is 11.6 Å². The molecule has 2 rings (SSSR count). The Labute approximate surface area is 151 Å². The molecular weight excluding hydrogens is 377 g/mol. The lowest BCUT2D eigenvalue weighted by molar-refractivity contribution is -0.385. The highest BCUT2D eigenvalue weighted by Gasteiger charge is 2.14. The molecule has 2 aromatic rings. The minimum atomic E-state index is -0.500. The topological polar surface area (TPSA) is 93.8 Å². The molecule has 0 radical (unpaired) electrons. The highest BCUT2D eigenvalue weighted by atomic mass is 35.5. The van der Waals surface area contributed by atoms with E-state index in [9.17, 15) is 14.9 Å². The van der Waals surface area contributed by atoms with E-state index >= 15 is 0 Å². The van der Waals surface area contributed by atoms with Gasteiger partial charge in [-0.15, -0.1) is 11.3 Å². The summed E-state index contributed by atoms with van der Waals surface area (Å²) in [6, 6.07) is 6.03. The Morgan fingerprint density at radius 2 is 2.21 bits per heavy atom. The van der Waals surface area contributed by atoms with Gasteiger partial charge in [-0.1, -0.05) is 23.2 Å². The van der Waals surface area contributed by atoms with Gasteiger partial charge in [0.15, 0.2) is 6.61 Å². The van der Waals surface area contributed by atoms with E-state index in [1.165, 1.54) is 29.7 Å². The zero-order valence-electron chi connectivity index (χ0n) is 12.3. The van der Waals surface area contributed by atoms with Gasteiger partial charge >= 0.3 is 0 Å². The van der Waals surface area contributed by atoms with Gasteiger partial charge in [-0.2, -0.15) is 5.10 Å². The Hall–Kier alpha value is -2.16. The summed E-state index contributed by atoms with van der Waals surface area (Å²) in [7, 11) is 0. The van der Waals surface area contributed by atoms with Gasteiger partial charge in [-0.3, -0.25) is 14.9 Å². The van der Waals surface area contributed by atoms with Crippen LogP contribution in [0.25, 0.3) is 0 Å². The van der Waals surface area contributed by atoms with Crippen molar-refractivity contribution in [2.45, 2.75) is 6.92 Å². The maximum absolute atomic E-state index is 11.6. The van der Waals surface area contributed by atoms with Crippen molar-refractivity contribution in [3.05, 3.63) is 54.2 Å². The first-order valence-electron chi connectivity index (χ1n) is 6.51. The second-order valence-electron chi connectivity index (χ2n) is 4.50. The molecule has 1 aromatic heterocycles. The molecule has 24 heavy (non-hydrogen) atoms. The molecule has 0 fully saturated rings. The summed E-state index contributed by atoms with van der Waals surface area (Å²) in [5, 5.41) is 15.2. The van der Waals surface area contributed by atoms with Crippen molar-refractivity contribution >= 4 is 52.3 Å². The first kappa shape index (κ1) is 18.2. The number of carbonyl (C=O) groups is 1. The van der Waals surface area contributed by atoms with Gasteiger partial charge in [0.05, 0.1) is 25.9 Å². The van der Waals surface area contributed by atoms with Crippen LogP contribution in [0.2, 0.25) is 10.0 Å². The number of nitrogens with zero attached hydrogens (tertiary/aromatic N) is 2. The molecule has 7 nitrogen and oxygen atoms in total. The molecular formula is C14H11Cl2N3O4S. The maximum Gasteiger partial charge on any atom is 0.283 e. The Balaban J connectivity index is 1.86. The van der Waals surface area contributed by atoms with E-state index in [4.69, 9.17) is 27.9 Å². The molecule has 0 spiro atoms. The summed E-state index contributed by atoms with van der Waals surface area (Å²) in [4.78, 5) is 23.0. The number of carbonyl (C=O) groups excluding carboxylic acids is 1. The van der Waals surface area contributed by atoms with Gasteiger partial charge in [0.2, 0.25) is 0 Å². The number of nitro groups is 1. The van der Waals surface area contributed by atoms with Crippen LogP contribution in [0, 0.1) is 17.0 Å². The molecule has 1 N–H and O–H groups in total. The summed E-state index contributed by atoms with van der Waals surface area (Å²) in [5.74, 6) is -0.176. The van der Waals surface area contributed by atoms with E-state index in [0.29, 0.717) is 25.5 Å². The molecule has 0 unspecified atom stereocenters. The number of ether oxygens (including phenoxy) is 1. The van der Waals surface area contributed by atoms with Crippen molar-refractivity contribution in [3.8, 4) is 5.75 Å². The average molecular weight is 388 g/mol. The Bertz CT molecular complexity index is 807. The highest BCUT2D eigenvalue weighted by molar-refractivity contribution is 7.14. The number of thiophene rings is 1. The molecule has 0 aliphatic heterocycles. The number of halogens is 2. The third-order valence-electron chi connectivity index (χ3n) is 2.74. The third kappa shape index (κ3) is 4.92. The summed E-state index contributed by atoms with van der Waals surface area (Å²) in [6.07, 6.45) is 1.33. The molecule has 0 saturated heterocycles. The monoisotopic (exact) mass is 387 g/mol. The lowest BCUT2D eigenvalue weighted by Crippen LogP contribution is -2.24. The zero-order valence-corrected chi connectivity index (χ0v) is 14.6. The molecule has 0 aliphatic carbocycles. The molecule has 126 valence electrons. The van der Waals surface area contributed by atoms with E-state index in [0.717, 1.165) is 0 Å². The van der Waals surface area contributed by atoms with E-state index in [1.54, 1.807) is 19.1 Å². The second-order valence-corrected chi connectivity index (χ2v) is 6.64. The van der Waals surface area contributed by atoms with Crippen molar-refractivity contribution in [2.75, 3.05) is 6.61 Å². The van der Waals surface area contributed by atoms with Crippen LogP contribution < -0.4 is 10.2 Å². The average Bonchev–Trinajstić information content (AvgIpc) is 2.87. The molecule has 10 heteroatoms. The first-order valence-corrected chi connectivity index (χ1v) is 8.08. The predicted molar refractivity (Wildman–Crippen MR) is 93.4 cm³/mol. The molecule has 0 bridgehead atoms. The summed E-state index contributed by atoms with van der Waals surface area (Å²) in [5.41, 5.74) is 2.29. The zero-order chi connectivity index (χ0) is 17.7. The summed E-state index contributed by atoms with van der Waals surface area (Å²) < 4.78 is 5.25. The van der Waals surface area contributed by atoms with Gasteiger partial charge in [-0.05, 0) is 25.1 Å². The summed E-state index contributed by atoms with van der Waals surface area (Å²) >= 11 is 12.9. The standard InChI is InChI=1S/C14H11Cl2N3O4S/c1-8-12(19(21)22)5-10(24-8)6-17-18-14(20)7-23-13-3-2-9(15)4-11(13)16/h2-6H,7H2,1H3,(H,18,20). The molecule has 1 aromatic carbocycles. The minimum absolute atomic E-state index is 0.0218. The largest absolute Gasteiger partial charge is 0.482 e. The number of aryl methyl sites for hydroxylation is 1. The van der Waals surface area contributed by atoms with Crippen LogP contribution in [0.5, 0.6) is 5.75 Å². The van der Waals surface area contributed by atoms with Crippen LogP contribution in [0.15, 0.2) is 29.4 Å². The van der Waals surface area contributed by atoms with Crippen molar-refractivity contribution in [3.63, 3.8) is 0 Å². The molecule has 0 saturated carbocycles. The van der Waals surface area contributed by atoms with E-state index in [2.05, 4.69) is 10.5 Å². The van der Waals surface area contributed by atoms with Gasteiger partial charge in [-0.25, -0.2) is 5.43 Å². The molecule has 1 amide bonds. The van der Waals surface area contributed by atoms with E-state index < -0.39 is 10.8 Å². The van der Waals surface area contributed by atoms with E-state index in [1.807, 2.05) is 0 Å². The molecule has 0 atom stereocenters. The fourth-order valence-electron chi connectivity index (χ4n) is 1.68. The SMILES string of the molecule is Cc1sc(C=NNC(=O)COc2ccc(Cl)cc2Cl)cc1[N+](=O)[O-]. The Kier molecular flexibility index (Phi) is 6.13. The van der Waals surface area contributed by atoms with E-state index in [-0.39, 0.29) is 12.3 Å². The lowest BCUT2D eigenvalue weighted by Gasteiger charge is -2.06. The minimum Gasteiger partial charge on any atom is -0.482 e.